The van der Waals surface area contributed by atoms with E-state index in [9.17, 15) is 4.79 Å². The van der Waals surface area contributed by atoms with Crippen LogP contribution in [0, 0.1) is 0 Å². The van der Waals surface area contributed by atoms with Crippen LogP contribution in [0.1, 0.15) is 19.3 Å². The number of rotatable bonds is 2. The van der Waals surface area contributed by atoms with Crippen molar-refractivity contribution in [2.75, 3.05) is 32.7 Å². The topological polar surface area (TPSA) is 44.7 Å². The van der Waals surface area contributed by atoms with E-state index in [1.807, 2.05) is 0 Å². The molecule has 0 radical (unpaired) electrons. The van der Waals surface area contributed by atoms with Gasteiger partial charge in [-0.05, 0) is 12.8 Å². The number of carbonyl (C=O) groups excluding carboxylic acids is 1. The number of nitrogens with zero attached hydrogens (tertiary/aromatic N) is 2. The Bertz CT molecular complexity index is 339. The minimum Gasteiger partial charge on any atom is -0.314 e. The third kappa shape index (κ3) is 2.56. The quantitative estimate of drug-likeness (QED) is 0.779. The van der Waals surface area contributed by atoms with Crippen molar-refractivity contribution in [3.8, 4) is 0 Å². The predicted octanol–water partition coefficient (Wildman–Crippen LogP) is 0.527. The lowest BCUT2D eigenvalue weighted by molar-refractivity contribution is -0.119. The molecule has 0 aromatic rings. The van der Waals surface area contributed by atoms with Gasteiger partial charge >= 0.3 is 0 Å². The van der Waals surface area contributed by atoms with Gasteiger partial charge in [-0.3, -0.25) is 14.7 Å². The number of hydrogen-bond acceptors (Lipinski definition) is 5. The number of ketones is 1. The lowest BCUT2D eigenvalue weighted by Gasteiger charge is -2.26. The van der Waals surface area contributed by atoms with Gasteiger partial charge in [0.2, 0.25) is 0 Å². The first-order valence-electron chi connectivity index (χ1n) is 6.52. The Morgan fingerprint density at radius 1 is 1.41 bits per heavy atom. The standard InChI is InChI=1S/C12H19N3OS/c16-10-3-1-2-9-12(10)17-11(14-9)8-15-6-4-13-5-7-15/h9,12-13H,1-8H2/t9-,12-/m1/s1. The Hall–Kier alpha value is -0.390. The van der Waals surface area contributed by atoms with Crippen LogP contribution in [-0.2, 0) is 4.79 Å². The molecule has 1 aliphatic carbocycles. The number of Topliss-reactive ketones (excluding diaryl/α,β-unsaturated/α-hetero) is 1. The second-order valence-electron chi connectivity index (χ2n) is 5.01. The first-order chi connectivity index (χ1) is 8.33. The van der Waals surface area contributed by atoms with Crippen LogP contribution in [-0.4, -0.2) is 59.7 Å². The molecule has 0 bridgehead atoms. The molecule has 1 saturated carbocycles. The Morgan fingerprint density at radius 3 is 3.00 bits per heavy atom. The normalized spacial score (nSPS) is 34.6. The van der Waals surface area contributed by atoms with E-state index in [1.54, 1.807) is 11.8 Å². The van der Waals surface area contributed by atoms with Gasteiger partial charge in [-0.2, -0.15) is 0 Å². The zero-order chi connectivity index (χ0) is 11.7. The van der Waals surface area contributed by atoms with Gasteiger partial charge in [0.1, 0.15) is 5.78 Å². The average Bonchev–Trinajstić information content (AvgIpc) is 2.74. The molecular formula is C12H19N3OS. The van der Waals surface area contributed by atoms with E-state index in [2.05, 4.69) is 10.2 Å². The molecule has 0 aromatic heterocycles. The Balaban J connectivity index is 1.59. The van der Waals surface area contributed by atoms with E-state index < -0.39 is 0 Å². The molecule has 2 fully saturated rings. The summed E-state index contributed by atoms with van der Waals surface area (Å²) in [5.74, 6) is 0.422. The zero-order valence-electron chi connectivity index (χ0n) is 10.0. The van der Waals surface area contributed by atoms with Gasteiger partial charge in [0.25, 0.3) is 0 Å². The number of nitrogens with one attached hydrogen (secondary N) is 1. The maximum absolute atomic E-state index is 11.8. The molecule has 0 spiro atoms. The van der Waals surface area contributed by atoms with Crippen LogP contribution in [0.25, 0.3) is 0 Å². The molecule has 2 heterocycles. The smallest absolute Gasteiger partial charge is 0.148 e. The highest BCUT2D eigenvalue weighted by atomic mass is 32.2. The highest BCUT2D eigenvalue weighted by molar-refractivity contribution is 8.15. The predicted molar refractivity (Wildman–Crippen MR) is 70.8 cm³/mol. The van der Waals surface area contributed by atoms with Crippen LogP contribution >= 0.6 is 11.8 Å². The van der Waals surface area contributed by atoms with E-state index >= 15 is 0 Å². The van der Waals surface area contributed by atoms with Crippen molar-refractivity contribution in [1.82, 2.24) is 10.2 Å². The summed E-state index contributed by atoms with van der Waals surface area (Å²) in [4.78, 5) is 19.0. The monoisotopic (exact) mass is 253 g/mol. The molecule has 4 nitrogen and oxygen atoms in total. The summed E-state index contributed by atoms with van der Waals surface area (Å²) < 4.78 is 0. The Labute approximate surface area is 106 Å². The van der Waals surface area contributed by atoms with Gasteiger partial charge in [-0.1, -0.05) is 11.8 Å². The van der Waals surface area contributed by atoms with Crippen LogP contribution in [0.2, 0.25) is 0 Å². The fourth-order valence-corrected chi connectivity index (χ4v) is 4.12. The third-order valence-electron chi connectivity index (χ3n) is 3.73. The third-order valence-corrected chi connectivity index (χ3v) is 5.07. The summed E-state index contributed by atoms with van der Waals surface area (Å²) in [5.41, 5.74) is 0. The SMILES string of the molecule is O=C1CCC[C@H]2N=C(CN3CCNCC3)S[C@@H]12. The summed E-state index contributed by atoms with van der Waals surface area (Å²) in [6.07, 6.45) is 2.91. The lowest BCUT2D eigenvalue weighted by atomic mass is 9.94. The van der Waals surface area contributed by atoms with Crippen LogP contribution in [0.5, 0.6) is 0 Å². The zero-order valence-corrected chi connectivity index (χ0v) is 10.8. The summed E-state index contributed by atoms with van der Waals surface area (Å²) in [6, 6.07) is 0.291. The largest absolute Gasteiger partial charge is 0.314 e. The molecule has 5 heteroatoms. The molecule has 0 amide bonds. The van der Waals surface area contributed by atoms with Crippen molar-refractivity contribution in [3.63, 3.8) is 0 Å². The summed E-state index contributed by atoms with van der Waals surface area (Å²) in [6.45, 7) is 5.30. The molecule has 0 unspecified atom stereocenters. The van der Waals surface area contributed by atoms with Gasteiger partial charge in [-0.25, -0.2) is 0 Å². The maximum atomic E-state index is 11.8. The second kappa shape index (κ2) is 5.08. The molecule has 1 saturated heterocycles. The summed E-state index contributed by atoms with van der Waals surface area (Å²) in [5, 5.41) is 4.70. The molecule has 3 rings (SSSR count). The van der Waals surface area contributed by atoms with E-state index in [0.717, 1.165) is 52.0 Å². The van der Waals surface area contributed by atoms with Crippen molar-refractivity contribution < 1.29 is 4.79 Å². The molecule has 17 heavy (non-hydrogen) atoms. The fourth-order valence-electron chi connectivity index (χ4n) is 2.77. The van der Waals surface area contributed by atoms with Gasteiger partial charge < -0.3 is 5.32 Å². The Kier molecular flexibility index (Phi) is 3.49. The highest BCUT2D eigenvalue weighted by Gasteiger charge is 2.38. The van der Waals surface area contributed by atoms with Crippen LogP contribution in [0.3, 0.4) is 0 Å². The number of aliphatic imine (C=N–C) groups is 1. The van der Waals surface area contributed by atoms with E-state index in [1.165, 1.54) is 5.04 Å². The molecule has 2 aliphatic heterocycles. The van der Waals surface area contributed by atoms with Crippen LogP contribution in [0.15, 0.2) is 4.99 Å². The number of carbonyl (C=O) groups is 1. The average molecular weight is 253 g/mol. The van der Waals surface area contributed by atoms with Gasteiger partial charge in [0.15, 0.2) is 0 Å². The summed E-state index contributed by atoms with van der Waals surface area (Å²) >= 11 is 1.73. The van der Waals surface area contributed by atoms with Crippen molar-refractivity contribution in [2.24, 2.45) is 4.99 Å². The molecule has 0 aromatic carbocycles. The Morgan fingerprint density at radius 2 is 2.24 bits per heavy atom. The van der Waals surface area contributed by atoms with E-state index in [4.69, 9.17) is 4.99 Å². The lowest BCUT2D eigenvalue weighted by Crippen LogP contribution is -2.45. The van der Waals surface area contributed by atoms with Crippen molar-refractivity contribution in [1.29, 1.82) is 0 Å². The maximum Gasteiger partial charge on any atom is 0.148 e. The van der Waals surface area contributed by atoms with E-state index in [-0.39, 0.29) is 5.25 Å². The summed E-state index contributed by atoms with van der Waals surface area (Å²) in [7, 11) is 0. The van der Waals surface area contributed by atoms with Crippen molar-refractivity contribution in [2.45, 2.75) is 30.6 Å². The second-order valence-corrected chi connectivity index (χ2v) is 6.23. The van der Waals surface area contributed by atoms with Crippen LogP contribution < -0.4 is 5.32 Å². The first-order valence-corrected chi connectivity index (χ1v) is 7.40. The molecule has 3 aliphatic rings. The van der Waals surface area contributed by atoms with Gasteiger partial charge in [-0.15, -0.1) is 0 Å². The number of piperazine rings is 1. The van der Waals surface area contributed by atoms with Crippen LogP contribution in [0.4, 0.5) is 0 Å². The highest BCUT2D eigenvalue weighted by Crippen LogP contribution is 2.35. The van der Waals surface area contributed by atoms with Gasteiger partial charge in [0.05, 0.1) is 16.3 Å². The molecule has 1 N–H and O–H groups in total. The minimum atomic E-state index is 0.154. The van der Waals surface area contributed by atoms with Crippen molar-refractivity contribution in [3.05, 3.63) is 0 Å². The molecular weight excluding hydrogens is 234 g/mol. The number of hydrogen-bond donors (Lipinski definition) is 1. The molecule has 94 valence electrons. The number of thioether (sulfide) groups is 1. The molecule has 2 atom stereocenters. The fraction of sp³-hybridized carbons (Fsp3) is 0.833. The van der Waals surface area contributed by atoms with Gasteiger partial charge in [0, 0.05) is 39.1 Å². The first kappa shape index (κ1) is 11.7. The number of fused-ring (bicyclic) bond motifs is 1. The van der Waals surface area contributed by atoms with E-state index in [0.29, 0.717) is 11.8 Å². The minimum absolute atomic E-state index is 0.154. The van der Waals surface area contributed by atoms with Crippen molar-refractivity contribution >= 4 is 22.6 Å².